The highest BCUT2D eigenvalue weighted by Crippen LogP contribution is 2.37. The predicted molar refractivity (Wildman–Crippen MR) is 75.6 cm³/mol. The molecular weight excluding hydrogens is 286 g/mol. The molecule has 1 amide bonds. The molecule has 2 aromatic rings. The number of furan rings is 1. The number of amides is 1. The minimum absolute atomic E-state index is 0.0632. The van der Waals surface area contributed by atoms with Gasteiger partial charge in [-0.15, -0.1) is 0 Å². The first kappa shape index (κ1) is 14.4. The lowest BCUT2D eigenvalue weighted by Gasteiger charge is -2.38. The van der Waals surface area contributed by atoms with E-state index in [0.717, 1.165) is 5.56 Å². The van der Waals surface area contributed by atoms with Gasteiger partial charge >= 0.3 is 5.97 Å². The van der Waals surface area contributed by atoms with E-state index >= 15 is 0 Å². The van der Waals surface area contributed by atoms with E-state index in [9.17, 15) is 14.7 Å². The van der Waals surface area contributed by atoms with Crippen molar-refractivity contribution in [2.75, 3.05) is 0 Å². The summed E-state index contributed by atoms with van der Waals surface area (Å²) in [6.45, 7) is 0.316. The summed E-state index contributed by atoms with van der Waals surface area (Å²) in [5.41, 5.74) is 0.832. The Bertz CT molecular complexity index is 677. The Hall–Kier alpha value is -2.57. The van der Waals surface area contributed by atoms with Crippen LogP contribution >= 0.6 is 0 Å². The van der Waals surface area contributed by atoms with Crippen molar-refractivity contribution in [2.45, 2.75) is 25.4 Å². The van der Waals surface area contributed by atoms with Gasteiger partial charge in [-0.3, -0.25) is 9.59 Å². The van der Waals surface area contributed by atoms with Gasteiger partial charge in [-0.2, -0.15) is 0 Å². The van der Waals surface area contributed by atoms with Crippen LogP contribution in [0.3, 0.4) is 0 Å². The van der Waals surface area contributed by atoms with Gasteiger partial charge in [-0.1, -0.05) is 0 Å². The lowest BCUT2D eigenvalue weighted by molar-refractivity contribution is -0.153. The summed E-state index contributed by atoms with van der Waals surface area (Å²) in [6, 6.07) is 1.20. The first-order valence-electron chi connectivity index (χ1n) is 7.08. The molecule has 0 radical (unpaired) electrons. The number of aliphatic carboxylic acids is 1. The third kappa shape index (κ3) is 2.49. The van der Waals surface area contributed by atoms with Crippen LogP contribution in [0, 0.1) is 5.92 Å². The second-order valence-electron chi connectivity index (χ2n) is 5.48. The Balaban J connectivity index is 1.99. The molecule has 0 aromatic carbocycles. The van der Waals surface area contributed by atoms with E-state index in [1.54, 1.807) is 41.2 Å². The lowest BCUT2D eigenvalue weighted by atomic mass is 9.87. The number of carboxylic acid groups (broad SMARTS) is 1. The van der Waals surface area contributed by atoms with E-state index in [4.69, 9.17) is 4.42 Å². The molecule has 2 atom stereocenters. The number of nitrogens with zero attached hydrogens (tertiary/aromatic N) is 3. The Labute approximate surface area is 127 Å². The molecule has 1 aliphatic rings. The average molecular weight is 303 g/mol. The van der Waals surface area contributed by atoms with Crippen molar-refractivity contribution >= 4 is 11.9 Å². The topological polar surface area (TPSA) is 88.6 Å². The largest absolute Gasteiger partial charge is 0.481 e. The van der Waals surface area contributed by atoms with Gasteiger partial charge in [0.1, 0.15) is 11.9 Å². The van der Waals surface area contributed by atoms with E-state index in [2.05, 4.69) is 4.98 Å². The molecular formula is C15H17N3O4. The Kier molecular flexibility index (Phi) is 3.70. The van der Waals surface area contributed by atoms with Crippen molar-refractivity contribution in [3.8, 4) is 0 Å². The van der Waals surface area contributed by atoms with Crippen molar-refractivity contribution in [3.05, 3.63) is 42.4 Å². The smallest absolute Gasteiger partial charge is 0.309 e. The molecule has 7 heteroatoms. The highest BCUT2D eigenvalue weighted by molar-refractivity contribution is 5.81. The van der Waals surface area contributed by atoms with Gasteiger partial charge in [0.2, 0.25) is 5.91 Å². The monoisotopic (exact) mass is 303 g/mol. The summed E-state index contributed by atoms with van der Waals surface area (Å²) < 4.78 is 6.81. The number of carbonyl (C=O) groups excluding carboxylic acids is 1. The normalized spacial score (nSPS) is 22.0. The summed E-state index contributed by atoms with van der Waals surface area (Å²) in [7, 11) is 1.80. The summed E-state index contributed by atoms with van der Waals surface area (Å²) >= 11 is 0. The highest BCUT2D eigenvalue weighted by Gasteiger charge is 2.42. The molecule has 0 saturated carbocycles. The molecule has 22 heavy (non-hydrogen) atoms. The Morgan fingerprint density at radius 1 is 1.55 bits per heavy atom. The van der Waals surface area contributed by atoms with E-state index in [0.29, 0.717) is 18.8 Å². The number of aryl methyl sites for hydroxylation is 1. The van der Waals surface area contributed by atoms with Crippen LogP contribution in [0.2, 0.25) is 0 Å². The van der Waals surface area contributed by atoms with Crippen LogP contribution < -0.4 is 0 Å². The number of carboxylic acids is 1. The number of rotatable bonds is 4. The van der Waals surface area contributed by atoms with Crippen LogP contribution in [0.5, 0.6) is 0 Å². The lowest BCUT2D eigenvalue weighted by Crippen LogP contribution is -2.45. The molecule has 0 aliphatic carbocycles. The molecule has 3 heterocycles. The van der Waals surface area contributed by atoms with Crippen molar-refractivity contribution in [3.63, 3.8) is 0 Å². The van der Waals surface area contributed by atoms with Crippen LogP contribution in [0.1, 0.15) is 30.3 Å². The Morgan fingerprint density at radius 3 is 2.95 bits per heavy atom. The number of likely N-dealkylation sites (tertiary alicyclic amines) is 1. The fraction of sp³-hybridized carbons (Fsp3) is 0.400. The average Bonchev–Trinajstić information content (AvgIpc) is 3.12. The predicted octanol–water partition coefficient (Wildman–Crippen LogP) is 1.58. The molecule has 0 bridgehead atoms. The van der Waals surface area contributed by atoms with E-state index in [1.807, 2.05) is 0 Å². The Morgan fingerprint density at radius 2 is 2.36 bits per heavy atom. The number of imidazole rings is 1. The summed E-state index contributed by atoms with van der Waals surface area (Å²) in [6.07, 6.45) is 7.03. The molecule has 0 unspecified atom stereocenters. The number of hydrogen-bond acceptors (Lipinski definition) is 4. The van der Waals surface area contributed by atoms with E-state index in [-0.39, 0.29) is 12.3 Å². The maximum atomic E-state index is 12.4. The van der Waals surface area contributed by atoms with Gasteiger partial charge in [-0.05, 0) is 12.5 Å². The molecule has 3 rings (SSSR count). The minimum Gasteiger partial charge on any atom is -0.481 e. The molecule has 1 saturated heterocycles. The van der Waals surface area contributed by atoms with E-state index < -0.39 is 17.9 Å². The zero-order chi connectivity index (χ0) is 15.7. The van der Waals surface area contributed by atoms with Crippen LogP contribution in [-0.2, 0) is 23.2 Å². The fourth-order valence-corrected chi connectivity index (χ4v) is 2.96. The van der Waals surface area contributed by atoms with Crippen LogP contribution in [0.15, 0.2) is 35.4 Å². The molecule has 2 aromatic heterocycles. The summed E-state index contributed by atoms with van der Waals surface area (Å²) in [5.74, 6) is -1.04. The van der Waals surface area contributed by atoms with Crippen molar-refractivity contribution in [1.29, 1.82) is 0 Å². The van der Waals surface area contributed by atoms with Crippen molar-refractivity contribution in [2.24, 2.45) is 13.0 Å². The first-order chi connectivity index (χ1) is 10.6. The molecule has 0 spiro atoms. The number of piperidine rings is 1. The van der Waals surface area contributed by atoms with Crippen LogP contribution in [-0.4, -0.2) is 31.4 Å². The van der Waals surface area contributed by atoms with Gasteiger partial charge in [0.15, 0.2) is 0 Å². The molecule has 7 nitrogen and oxygen atoms in total. The summed E-state index contributed by atoms with van der Waals surface area (Å²) in [5, 5.41) is 9.53. The van der Waals surface area contributed by atoms with Gasteiger partial charge < -0.3 is 19.0 Å². The van der Waals surface area contributed by atoms with Gasteiger partial charge in [0.25, 0.3) is 0 Å². The minimum atomic E-state index is -0.905. The maximum absolute atomic E-state index is 12.4. The second-order valence-corrected chi connectivity index (χ2v) is 5.48. The number of hydrogen-bond donors (Lipinski definition) is 1. The molecule has 1 N–H and O–H groups in total. The fourth-order valence-electron chi connectivity index (χ4n) is 2.96. The number of carbonyl (C=O) groups is 2. The van der Waals surface area contributed by atoms with Gasteiger partial charge in [0, 0.05) is 38.0 Å². The zero-order valence-corrected chi connectivity index (χ0v) is 12.2. The number of aromatic nitrogens is 2. The van der Waals surface area contributed by atoms with Crippen LogP contribution in [0.4, 0.5) is 0 Å². The molecule has 1 aliphatic heterocycles. The van der Waals surface area contributed by atoms with Crippen molar-refractivity contribution < 1.29 is 19.1 Å². The van der Waals surface area contributed by atoms with Crippen LogP contribution in [0.25, 0.3) is 0 Å². The second kappa shape index (κ2) is 5.67. The van der Waals surface area contributed by atoms with Gasteiger partial charge in [-0.25, -0.2) is 4.98 Å². The standard InChI is InChI=1S/C15H17N3O4/c1-17-6-5-16-14(17)13-11(15(20)21)2-3-12(19)18(13)8-10-4-7-22-9-10/h4-7,9,11,13H,2-3,8H2,1H3,(H,20,21)/t11-,13-/m0/s1. The summed E-state index contributed by atoms with van der Waals surface area (Å²) in [4.78, 5) is 29.9. The molecule has 1 fully saturated rings. The van der Waals surface area contributed by atoms with Crippen molar-refractivity contribution in [1.82, 2.24) is 14.5 Å². The van der Waals surface area contributed by atoms with Gasteiger partial charge in [0.05, 0.1) is 18.4 Å². The van der Waals surface area contributed by atoms with E-state index in [1.165, 1.54) is 6.26 Å². The third-order valence-corrected chi connectivity index (χ3v) is 4.08. The maximum Gasteiger partial charge on any atom is 0.309 e. The molecule has 116 valence electrons. The third-order valence-electron chi connectivity index (χ3n) is 4.08. The highest BCUT2D eigenvalue weighted by atomic mass is 16.4. The SMILES string of the molecule is Cn1ccnc1[C@@H]1[C@@H](C(=O)O)CCC(=O)N1Cc1ccoc1. The first-order valence-corrected chi connectivity index (χ1v) is 7.08. The zero-order valence-electron chi connectivity index (χ0n) is 12.2. The quantitative estimate of drug-likeness (QED) is 0.926.